The molecule has 2 heterocycles. The molecule has 1 N–H and O–H groups in total. The van der Waals surface area contributed by atoms with Crippen molar-refractivity contribution >= 4 is 11.8 Å². The van der Waals surface area contributed by atoms with Crippen molar-refractivity contribution in [2.45, 2.75) is 51.7 Å². The number of rotatable bonds is 8. The summed E-state index contributed by atoms with van der Waals surface area (Å²) in [5.41, 5.74) is 0.631. The number of nitrogens with one attached hydrogen (secondary N) is 1. The summed E-state index contributed by atoms with van der Waals surface area (Å²) < 4.78 is 8.14. The maximum Gasteiger partial charge on any atom is 0.251 e. The zero-order valence-electron chi connectivity index (χ0n) is 17.5. The molecular weight excluding hydrogens is 380 g/mol. The normalized spacial score (nSPS) is 17.0. The molecule has 0 unspecified atom stereocenters. The Bertz CT molecular complexity index is 865. The maximum absolute atomic E-state index is 12.3. The first-order valence-corrected chi connectivity index (χ1v) is 10.9. The number of hydrogen-bond acceptors (Lipinski definition) is 4. The molecule has 7 nitrogen and oxygen atoms in total. The Morgan fingerprint density at radius 3 is 2.50 bits per heavy atom. The lowest BCUT2D eigenvalue weighted by Crippen LogP contribution is -2.42. The highest BCUT2D eigenvalue weighted by Gasteiger charge is 2.35. The van der Waals surface area contributed by atoms with Crippen LogP contribution in [0.3, 0.4) is 0 Å². The van der Waals surface area contributed by atoms with Gasteiger partial charge < -0.3 is 19.5 Å². The number of imidazole rings is 1. The van der Waals surface area contributed by atoms with Crippen molar-refractivity contribution in [1.82, 2.24) is 19.8 Å². The van der Waals surface area contributed by atoms with Crippen LogP contribution in [0.25, 0.3) is 0 Å². The molecule has 1 aromatic carbocycles. The van der Waals surface area contributed by atoms with Crippen LogP contribution >= 0.6 is 0 Å². The van der Waals surface area contributed by atoms with E-state index in [9.17, 15) is 9.59 Å². The molecule has 7 heteroatoms. The van der Waals surface area contributed by atoms with Crippen LogP contribution in [0.1, 0.15) is 48.3 Å². The third kappa shape index (κ3) is 5.20. The molecule has 1 aliphatic carbocycles. The van der Waals surface area contributed by atoms with Crippen LogP contribution in [0.5, 0.6) is 5.75 Å². The van der Waals surface area contributed by atoms with E-state index in [-0.39, 0.29) is 17.9 Å². The van der Waals surface area contributed by atoms with E-state index in [1.54, 1.807) is 18.3 Å². The summed E-state index contributed by atoms with van der Waals surface area (Å²) in [6.07, 6.45) is 8.54. The van der Waals surface area contributed by atoms with Crippen LogP contribution in [0.15, 0.2) is 36.7 Å². The Labute approximate surface area is 177 Å². The van der Waals surface area contributed by atoms with Crippen molar-refractivity contribution in [3.05, 3.63) is 48.0 Å². The number of aryl methyl sites for hydroxylation is 2. The maximum atomic E-state index is 12.3. The number of ether oxygens (including phenoxy) is 1. The molecule has 2 aliphatic rings. The van der Waals surface area contributed by atoms with Gasteiger partial charge >= 0.3 is 0 Å². The largest absolute Gasteiger partial charge is 0.490 e. The van der Waals surface area contributed by atoms with Crippen molar-refractivity contribution in [3.63, 3.8) is 0 Å². The number of nitrogens with zero attached hydrogens (tertiary/aromatic N) is 3. The lowest BCUT2D eigenvalue weighted by atomic mass is 10.1. The van der Waals surface area contributed by atoms with Crippen LogP contribution in [0.4, 0.5) is 0 Å². The smallest absolute Gasteiger partial charge is 0.251 e. The molecule has 2 fully saturated rings. The molecule has 4 rings (SSSR count). The van der Waals surface area contributed by atoms with E-state index in [0.29, 0.717) is 18.0 Å². The summed E-state index contributed by atoms with van der Waals surface area (Å²) in [7, 11) is 0. The number of likely N-dealkylation sites (tertiary alicyclic amines) is 1. The lowest BCUT2D eigenvalue weighted by Gasteiger charge is -2.32. The van der Waals surface area contributed by atoms with Crippen molar-refractivity contribution in [2.24, 2.45) is 5.92 Å². The summed E-state index contributed by atoms with van der Waals surface area (Å²) in [6.45, 7) is 4.98. The van der Waals surface area contributed by atoms with Gasteiger partial charge in [0.2, 0.25) is 5.91 Å². The van der Waals surface area contributed by atoms with Gasteiger partial charge in [-0.05, 0) is 50.5 Å². The molecule has 1 saturated heterocycles. The quantitative estimate of drug-likeness (QED) is 0.679. The fourth-order valence-electron chi connectivity index (χ4n) is 3.85. The van der Waals surface area contributed by atoms with Crippen molar-refractivity contribution in [3.8, 4) is 5.75 Å². The van der Waals surface area contributed by atoms with Crippen molar-refractivity contribution in [2.75, 3.05) is 19.6 Å². The first-order chi connectivity index (χ1) is 14.6. The van der Waals surface area contributed by atoms with E-state index in [1.165, 1.54) is 0 Å². The van der Waals surface area contributed by atoms with E-state index in [1.807, 2.05) is 30.2 Å². The van der Waals surface area contributed by atoms with E-state index in [2.05, 4.69) is 14.9 Å². The van der Waals surface area contributed by atoms with Gasteiger partial charge in [0.1, 0.15) is 17.7 Å². The predicted octanol–water partition coefficient (Wildman–Crippen LogP) is 2.79. The number of piperidine rings is 1. The average Bonchev–Trinajstić information content (AvgIpc) is 3.54. The molecule has 0 atom stereocenters. The Morgan fingerprint density at radius 1 is 1.13 bits per heavy atom. The third-order valence-electron chi connectivity index (χ3n) is 5.88. The second kappa shape index (κ2) is 9.32. The summed E-state index contributed by atoms with van der Waals surface area (Å²) in [5.74, 6) is 2.29. The van der Waals surface area contributed by atoms with E-state index in [4.69, 9.17) is 4.74 Å². The Kier molecular flexibility index (Phi) is 6.35. The molecule has 0 radical (unpaired) electrons. The highest BCUT2D eigenvalue weighted by molar-refractivity contribution is 5.94. The van der Waals surface area contributed by atoms with Gasteiger partial charge in [-0.3, -0.25) is 9.59 Å². The minimum atomic E-state index is -0.0733. The molecule has 0 spiro atoms. The minimum Gasteiger partial charge on any atom is -0.490 e. The van der Waals surface area contributed by atoms with Gasteiger partial charge in [0.25, 0.3) is 5.91 Å². The van der Waals surface area contributed by atoms with Gasteiger partial charge in [0, 0.05) is 62.9 Å². The number of benzene rings is 1. The topological polar surface area (TPSA) is 76.5 Å². The fourth-order valence-corrected chi connectivity index (χ4v) is 3.85. The molecule has 0 bridgehead atoms. The Morgan fingerprint density at radius 2 is 1.87 bits per heavy atom. The standard InChI is InChI=1S/C23H30N4O3/c1-17-24-12-16-26(17)13-2-11-25-22(28)18-5-7-20(8-6-18)30-21-9-14-27(15-10-21)23(29)19-3-4-19/h5-8,12,16,19,21H,2-4,9-11,13-15H2,1H3,(H,25,28). The van der Waals surface area contributed by atoms with E-state index >= 15 is 0 Å². The summed E-state index contributed by atoms with van der Waals surface area (Å²) >= 11 is 0. The number of carbonyl (C=O) groups excluding carboxylic acids is 2. The van der Waals surface area contributed by atoms with Gasteiger partial charge in [0.05, 0.1) is 0 Å². The van der Waals surface area contributed by atoms with Crippen LogP contribution < -0.4 is 10.1 Å². The number of amides is 2. The van der Waals surface area contributed by atoms with Crippen LogP contribution in [0, 0.1) is 12.8 Å². The fraction of sp³-hybridized carbons (Fsp3) is 0.522. The van der Waals surface area contributed by atoms with Crippen molar-refractivity contribution in [1.29, 1.82) is 0 Å². The SMILES string of the molecule is Cc1nccn1CCCNC(=O)c1ccc(OC2CCN(C(=O)C3CC3)CC2)cc1. The molecule has 160 valence electrons. The molecule has 30 heavy (non-hydrogen) atoms. The number of aromatic nitrogens is 2. The molecule has 2 amide bonds. The van der Waals surface area contributed by atoms with Gasteiger partial charge in [-0.2, -0.15) is 0 Å². The summed E-state index contributed by atoms with van der Waals surface area (Å²) in [4.78, 5) is 30.6. The van der Waals surface area contributed by atoms with Gasteiger partial charge in [-0.25, -0.2) is 4.98 Å². The number of carbonyl (C=O) groups is 2. The first-order valence-electron chi connectivity index (χ1n) is 10.9. The summed E-state index contributed by atoms with van der Waals surface area (Å²) in [5, 5.41) is 2.96. The number of hydrogen-bond donors (Lipinski definition) is 1. The van der Waals surface area contributed by atoms with Gasteiger partial charge in [-0.1, -0.05) is 0 Å². The third-order valence-corrected chi connectivity index (χ3v) is 5.88. The second-order valence-corrected chi connectivity index (χ2v) is 8.22. The zero-order valence-corrected chi connectivity index (χ0v) is 17.5. The van der Waals surface area contributed by atoms with Gasteiger partial charge in [0.15, 0.2) is 0 Å². The summed E-state index contributed by atoms with van der Waals surface area (Å²) in [6, 6.07) is 7.31. The van der Waals surface area contributed by atoms with Gasteiger partial charge in [-0.15, -0.1) is 0 Å². The van der Waals surface area contributed by atoms with Crippen molar-refractivity contribution < 1.29 is 14.3 Å². The highest BCUT2D eigenvalue weighted by atomic mass is 16.5. The minimum absolute atomic E-state index is 0.0733. The molecule has 2 aromatic rings. The molecule has 1 saturated carbocycles. The lowest BCUT2D eigenvalue weighted by molar-refractivity contribution is -0.134. The Hall–Kier alpha value is -2.83. The Balaban J connectivity index is 1.18. The molecule has 1 aromatic heterocycles. The molecule has 1 aliphatic heterocycles. The first kappa shape index (κ1) is 20.4. The van der Waals surface area contributed by atoms with Crippen LogP contribution in [0.2, 0.25) is 0 Å². The monoisotopic (exact) mass is 410 g/mol. The average molecular weight is 411 g/mol. The van der Waals surface area contributed by atoms with Crippen LogP contribution in [-0.4, -0.2) is 52.0 Å². The van der Waals surface area contributed by atoms with Crippen LogP contribution in [-0.2, 0) is 11.3 Å². The zero-order chi connectivity index (χ0) is 20.9. The van der Waals surface area contributed by atoms with E-state index < -0.39 is 0 Å². The second-order valence-electron chi connectivity index (χ2n) is 8.22. The van der Waals surface area contributed by atoms with E-state index in [0.717, 1.165) is 63.3 Å². The predicted molar refractivity (Wildman–Crippen MR) is 113 cm³/mol. The molecular formula is C23H30N4O3. The highest BCUT2D eigenvalue weighted by Crippen LogP contribution is 2.32.